The van der Waals surface area contributed by atoms with Crippen LogP contribution < -0.4 is 5.32 Å². The maximum absolute atomic E-state index is 10.8. The zero-order chi connectivity index (χ0) is 9.47. The summed E-state index contributed by atoms with van der Waals surface area (Å²) in [6.45, 7) is 0. The van der Waals surface area contributed by atoms with Gasteiger partial charge in [-0.2, -0.15) is 0 Å². The van der Waals surface area contributed by atoms with Crippen LogP contribution in [0.2, 0.25) is 0 Å². The number of thioether (sulfide) groups is 1. The summed E-state index contributed by atoms with van der Waals surface area (Å²) in [5, 5.41) is 2.73. The molecule has 0 amide bonds. The number of alkyl halides is 1. The molecule has 0 fully saturated rings. The molecular formula is C7H5ClNO2S2-. The topological polar surface area (TPSA) is 52.2 Å². The lowest BCUT2D eigenvalue weighted by Crippen LogP contribution is -2.28. The van der Waals surface area contributed by atoms with Crippen LogP contribution in [-0.2, 0) is 11.1 Å². The second-order valence-electron chi connectivity index (χ2n) is 2.49. The summed E-state index contributed by atoms with van der Waals surface area (Å²) in [4.78, 5) is 0.849. The van der Waals surface area contributed by atoms with Gasteiger partial charge in [0.2, 0.25) is 3.66 Å². The predicted octanol–water partition coefficient (Wildman–Crippen LogP) is 1.93. The molecule has 6 heteroatoms. The Bertz CT molecular complexity index is 346. The molecule has 1 heterocycles. The summed E-state index contributed by atoms with van der Waals surface area (Å²) in [6, 6.07) is 7.27. The molecule has 0 aromatic heterocycles. The molecule has 70 valence electrons. The predicted molar refractivity (Wildman–Crippen MR) is 53.4 cm³/mol. The molecule has 2 rings (SSSR count). The minimum Gasteiger partial charge on any atom is -0.769 e. The third kappa shape index (κ3) is 1.57. The number of halogens is 1. The summed E-state index contributed by atoms with van der Waals surface area (Å²) < 4.78 is 20.1. The van der Waals surface area contributed by atoms with E-state index < -0.39 is 14.7 Å². The van der Waals surface area contributed by atoms with Gasteiger partial charge in [0.15, 0.2) is 0 Å². The van der Waals surface area contributed by atoms with Gasteiger partial charge in [0.05, 0.1) is 5.69 Å². The Balaban J connectivity index is 2.37. The van der Waals surface area contributed by atoms with Crippen LogP contribution in [0.4, 0.5) is 5.69 Å². The van der Waals surface area contributed by atoms with Gasteiger partial charge >= 0.3 is 0 Å². The number of hydrogen-bond donors (Lipinski definition) is 1. The van der Waals surface area contributed by atoms with E-state index in [0.29, 0.717) is 0 Å². The molecule has 1 aromatic carbocycles. The fourth-order valence-electron chi connectivity index (χ4n) is 1.06. The minimum absolute atomic E-state index is 0.756. The largest absolute Gasteiger partial charge is 0.769 e. The van der Waals surface area contributed by atoms with Crippen LogP contribution in [0, 0.1) is 0 Å². The standard InChI is InChI=1S/C7H6ClNO2S2/c8-7(13(10)11)9-5-3-1-2-4-6(5)12-7/h1-4,9H,(H,10,11)/p-1. The zero-order valence-corrected chi connectivity index (χ0v) is 8.71. The third-order valence-corrected chi connectivity index (χ3v) is 4.46. The van der Waals surface area contributed by atoms with Crippen molar-refractivity contribution in [2.75, 3.05) is 5.32 Å². The summed E-state index contributed by atoms with van der Waals surface area (Å²) in [7, 11) is 0. The van der Waals surface area contributed by atoms with E-state index in [2.05, 4.69) is 5.32 Å². The highest BCUT2D eigenvalue weighted by molar-refractivity contribution is 8.13. The maximum atomic E-state index is 10.8. The molecule has 1 aliphatic heterocycles. The van der Waals surface area contributed by atoms with Crippen LogP contribution in [0.5, 0.6) is 0 Å². The van der Waals surface area contributed by atoms with E-state index in [1.165, 1.54) is 0 Å². The van der Waals surface area contributed by atoms with E-state index in [4.69, 9.17) is 11.6 Å². The second kappa shape index (κ2) is 3.16. The first-order chi connectivity index (χ1) is 6.12. The number of hydrogen-bond acceptors (Lipinski definition) is 4. The normalized spacial score (nSPS) is 27.8. The van der Waals surface area contributed by atoms with E-state index in [1.54, 1.807) is 6.07 Å². The van der Waals surface area contributed by atoms with Crippen molar-refractivity contribution >= 4 is 40.1 Å². The molecule has 1 aromatic rings. The summed E-state index contributed by atoms with van der Waals surface area (Å²) in [5.74, 6) is 0. The van der Waals surface area contributed by atoms with Crippen molar-refractivity contribution in [2.45, 2.75) is 8.56 Å². The van der Waals surface area contributed by atoms with Gasteiger partial charge in [-0.1, -0.05) is 35.5 Å². The molecule has 0 radical (unpaired) electrons. The fraction of sp³-hybridized carbons (Fsp3) is 0.143. The molecule has 13 heavy (non-hydrogen) atoms. The molecule has 0 saturated heterocycles. The van der Waals surface area contributed by atoms with Crippen LogP contribution in [0.25, 0.3) is 0 Å². The van der Waals surface area contributed by atoms with Crippen molar-refractivity contribution < 1.29 is 8.76 Å². The molecule has 0 saturated carbocycles. The van der Waals surface area contributed by atoms with E-state index in [-0.39, 0.29) is 0 Å². The Morgan fingerprint density at radius 1 is 1.54 bits per heavy atom. The highest BCUT2D eigenvalue weighted by Crippen LogP contribution is 2.48. The number of anilines is 1. The van der Waals surface area contributed by atoms with Crippen molar-refractivity contribution in [3.05, 3.63) is 24.3 Å². The highest BCUT2D eigenvalue weighted by Gasteiger charge is 2.36. The van der Waals surface area contributed by atoms with Crippen molar-refractivity contribution in [1.82, 2.24) is 0 Å². The molecule has 0 aliphatic carbocycles. The van der Waals surface area contributed by atoms with Crippen molar-refractivity contribution in [1.29, 1.82) is 0 Å². The van der Waals surface area contributed by atoms with Crippen molar-refractivity contribution in [3.8, 4) is 0 Å². The van der Waals surface area contributed by atoms with Gasteiger partial charge < -0.3 is 9.87 Å². The van der Waals surface area contributed by atoms with Gasteiger partial charge in [-0.3, -0.25) is 4.21 Å². The van der Waals surface area contributed by atoms with E-state index in [0.717, 1.165) is 22.3 Å². The SMILES string of the molecule is O=S([O-])C1(Cl)Nc2ccccc2S1. The molecule has 0 spiro atoms. The van der Waals surface area contributed by atoms with E-state index >= 15 is 0 Å². The smallest absolute Gasteiger partial charge is 0.228 e. The average Bonchev–Trinajstić information content (AvgIpc) is 2.42. The number of nitrogens with one attached hydrogen (secondary N) is 1. The minimum atomic E-state index is -2.37. The van der Waals surface area contributed by atoms with Crippen LogP contribution in [0.1, 0.15) is 0 Å². The van der Waals surface area contributed by atoms with E-state index in [1.807, 2.05) is 18.2 Å². The van der Waals surface area contributed by atoms with Gasteiger partial charge in [0.25, 0.3) is 0 Å². The Hall–Kier alpha value is -0.230. The van der Waals surface area contributed by atoms with Gasteiger partial charge in [-0.25, -0.2) is 0 Å². The monoisotopic (exact) mass is 234 g/mol. The highest BCUT2D eigenvalue weighted by atomic mass is 35.5. The second-order valence-corrected chi connectivity index (χ2v) is 6.11. The van der Waals surface area contributed by atoms with Crippen molar-refractivity contribution in [2.24, 2.45) is 0 Å². The van der Waals surface area contributed by atoms with Crippen molar-refractivity contribution in [3.63, 3.8) is 0 Å². The van der Waals surface area contributed by atoms with Gasteiger partial charge in [-0.15, -0.1) is 0 Å². The summed E-state index contributed by atoms with van der Waals surface area (Å²) in [6.07, 6.45) is 0. The molecule has 2 unspecified atom stereocenters. The lowest BCUT2D eigenvalue weighted by Gasteiger charge is -2.23. The Labute approximate surface area is 87.1 Å². The lowest BCUT2D eigenvalue weighted by atomic mass is 10.3. The van der Waals surface area contributed by atoms with Crippen LogP contribution >= 0.6 is 23.4 Å². The lowest BCUT2D eigenvalue weighted by molar-refractivity contribution is 0.533. The fourth-order valence-corrected chi connectivity index (χ4v) is 2.97. The number of fused-ring (bicyclic) bond motifs is 1. The molecule has 3 nitrogen and oxygen atoms in total. The summed E-state index contributed by atoms with van der Waals surface area (Å²) >= 11 is 4.53. The van der Waals surface area contributed by atoms with Crippen LogP contribution in [0.15, 0.2) is 29.2 Å². The quantitative estimate of drug-likeness (QED) is 0.458. The third-order valence-electron chi connectivity index (χ3n) is 1.63. The Kier molecular flexibility index (Phi) is 2.27. The first kappa shape index (κ1) is 9.33. The Morgan fingerprint density at radius 3 is 2.85 bits per heavy atom. The van der Waals surface area contributed by atoms with Crippen LogP contribution in [-0.4, -0.2) is 12.4 Å². The molecule has 1 N–H and O–H groups in total. The molecule has 0 bridgehead atoms. The van der Waals surface area contributed by atoms with Gasteiger partial charge in [-0.05, 0) is 23.2 Å². The number of rotatable bonds is 1. The number of benzene rings is 1. The molecular weight excluding hydrogens is 230 g/mol. The van der Waals surface area contributed by atoms with Crippen LogP contribution in [0.3, 0.4) is 0 Å². The summed E-state index contributed by atoms with van der Waals surface area (Å²) in [5.41, 5.74) is 0.756. The van der Waals surface area contributed by atoms with Gasteiger partial charge in [0, 0.05) is 4.90 Å². The Morgan fingerprint density at radius 2 is 2.23 bits per heavy atom. The molecule has 2 atom stereocenters. The average molecular weight is 235 g/mol. The van der Waals surface area contributed by atoms with Gasteiger partial charge in [0.1, 0.15) is 0 Å². The first-order valence-corrected chi connectivity index (χ1v) is 5.73. The maximum Gasteiger partial charge on any atom is 0.228 e. The molecule has 1 aliphatic rings. The van der Waals surface area contributed by atoms with E-state index in [9.17, 15) is 8.76 Å². The number of para-hydroxylation sites is 1. The first-order valence-electron chi connectivity index (χ1n) is 3.46. The zero-order valence-electron chi connectivity index (χ0n) is 6.32.